The molecule has 8 nitrogen and oxygen atoms in total. The molecule has 152 valence electrons. The van der Waals surface area contributed by atoms with E-state index in [9.17, 15) is 18.0 Å². The second-order valence-corrected chi connectivity index (χ2v) is 6.84. The predicted octanol–water partition coefficient (Wildman–Crippen LogP) is 3.37. The Kier molecular flexibility index (Phi) is 5.82. The predicted molar refractivity (Wildman–Crippen MR) is 102 cm³/mol. The second kappa shape index (κ2) is 8.15. The van der Waals surface area contributed by atoms with E-state index in [1.54, 1.807) is 20.0 Å². The number of aromatic nitrogens is 5. The van der Waals surface area contributed by atoms with Crippen LogP contribution >= 0.6 is 15.9 Å². The van der Waals surface area contributed by atoms with Crippen LogP contribution in [-0.2, 0) is 6.18 Å². The minimum absolute atomic E-state index is 0.142. The molecule has 29 heavy (non-hydrogen) atoms. The van der Waals surface area contributed by atoms with Crippen LogP contribution in [0.4, 0.5) is 19.1 Å². The Balaban J connectivity index is 1.90. The maximum atomic E-state index is 13.0. The van der Waals surface area contributed by atoms with Crippen LogP contribution in [0.15, 0.2) is 41.1 Å². The number of nitrogens with zero attached hydrogens (tertiary/aromatic N) is 5. The number of amides is 1. The SMILES string of the molecule is CNc1nc([C@H](C)NC(=O)c2cc(Br)cc(C(F)(F)F)c2)n(-c2ncccn2)n1. The molecule has 0 spiro atoms. The number of rotatable bonds is 5. The van der Waals surface area contributed by atoms with Crippen molar-refractivity contribution in [3.8, 4) is 5.95 Å². The van der Waals surface area contributed by atoms with Crippen molar-refractivity contribution in [3.63, 3.8) is 0 Å². The molecule has 2 aromatic heterocycles. The molecule has 1 aromatic carbocycles. The molecule has 1 amide bonds. The highest BCUT2D eigenvalue weighted by molar-refractivity contribution is 9.10. The van der Waals surface area contributed by atoms with Crippen LogP contribution < -0.4 is 10.6 Å². The molecule has 0 unspecified atom stereocenters. The average molecular weight is 470 g/mol. The second-order valence-electron chi connectivity index (χ2n) is 5.93. The van der Waals surface area contributed by atoms with Gasteiger partial charge in [-0.15, -0.1) is 5.10 Å². The van der Waals surface area contributed by atoms with Gasteiger partial charge >= 0.3 is 6.18 Å². The van der Waals surface area contributed by atoms with E-state index in [1.165, 1.54) is 23.1 Å². The van der Waals surface area contributed by atoms with Crippen LogP contribution in [-0.4, -0.2) is 37.7 Å². The quantitative estimate of drug-likeness (QED) is 0.594. The number of nitrogens with one attached hydrogen (secondary N) is 2. The maximum Gasteiger partial charge on any atom is 0.416 e. The molecule has 3 aromatic rings. The summed E-state index contributed by atoms with van der Waals surface area (Å²) in [7, 11) is 1.62. The van der Waals surface area contributed by atoms with E-state index in [0.717, 1.165) is 12.1 Å². The third kappa shape index (κ3) is 4.70. The highest BCUT2D eigenvalue weighted by atomic mass is 79.9. The first-order valence-electron chi connectivity index (χ1n) is 8.30. The van der Waals surface area contributed by atoms with Gasteiger partial charge in [0.15, 0.2) is 5.82 Å². The van der Waals surface area contributed by atoms with Crippen LogP contribution in [0.3, 0.4) is 0 Å². The van der Waals surface area contributed by atoms with E-state index in [1.807, 2.05) is 0 Å². The van der Waals surface area contributed by atoms with E-state index in [2.05, 4.69) is 46.6 Å². The number of benzene rings is 1. The lowest BCUT2D eigenvalue weighted by molar-refractivity contribution is -0.137. The molecule has 0 bridgehead atoms. The molecule has 0 fully saturated rings. The van der Waals surface area contributed by atoms with E-state index in [0.29, 0.717) is 5.82 Å². The van der Waals surface area contributed by atoms with Crippen LogP contribution in [0, 0.1) is 0 Å². The molecule has 0 saturated heterocycles. The van der Waals surface area contributed by atoms with Crippen molar-refractivity contribution in [2.45, 2.75) is 19.1 Å². The van der Waals surface area contributed by atoms with Crippen molar-refractivity contribution >= 4 is 27.8 Å². The van der Waals surface area contributed by atoms with Crippen molar-refractivity contribution in [1.29, 1.82) is 0 Å². The van der Waals surface area contributed by atoms with Gasteiger partial charge in [-0.05, 0) is 31.2 Å². The summed E-state index contributed by atoms with van der Waals surface area (Å²) in [6, 6.07) is 3.94. The number of hydrogen-bond donors (Lipinski definition) is 2. The van der Waals surface area contributed by atoms with Gasteiger partial charge in [-0.1, -0.05) is 15.9 Å². The van der Waals surface area contributed by atoms with Crippen molar-refractivity contribution in [2.24, 2.45) is 0 Å². The fourth-order valence-corrected chi connectivity index (χ4v) is 2.98. The topological polar surface area (TPSA) is 97.6 Å². The molecular formula is C17H15BrF3N7O. The lowest BCUT2D eigenvalue weighted by Gasteiger charge is -2.15. The molecule has 2 heterocycles. The highest BCUT2D eigenvalue weighted by Crippen LogP contribution is 2.32. The Hall–Kier alpha value is -3.02. The summed E-state index contributed by atoms with van der Waals surface area (Å²) < 4.78 is 40.6. The van der Waals surface area contributed by atoms with Gasteiger partial charge in [0, 0.05) is 29.5 Å². The monoisotopic (exact) mass is 469 g/mol. The maximum absolute atomic E-state index is 13.0. The minimum atomic E-state index is -4.57. The lowest BCUT2D eigenvalue weighted by Crippen LogP contribution is -2.29. The summed E-state index contributed by atoms with van der Waals surface area (Å²) in [4.78, 5) is 25.1. The zero-order valence-electron chi connectivity index (χ0n) is 15.2. The van der Waals surface area contributed by atoms with Crippen LogP contribution in [0.5, 0.6) is 0 Å². The van der Waals surface area contributed by atoms with Gasteiger partial charge in [-0.2, -0.15) is 22.8 Å². The van der Waals surface area contributed by atoms with Gasteiger partial charge in [0.05, 0.1) is 11.6 Å². The molecular weight excluding hydrogens is 455 g/mol. The molecule has 0 aliphatic carbocycles. The first kappa shape index (κ1) is 20.7. The number of carbonyl (C=O) groups is 1. The summed E-state index contributed by atoms with van der Waals surface area (Å²) >= 11 is 3.01. The van der Waals surface area contributed by atoms with Gasteiger partial charge < -0.3 is 10.6 Å². The fraction of sp³-hybridized carbons (Fsp3) is 0.235. The number of halogens is 4. The molecule has 0 radical (unpaired) electrons. The summed E-state index contributed by atoms with van der Waals surface area (Å²) in [5, 5.41) is 9.64. The minimum Gasteiger partial charge on any atom is -0.356 e. The van der Waals surface area contributed by atoms with E-state index < -0.39 is 23.7 Å². The summed E-state index contributed by atoms with van der Waals surface area (Å²) in [5.41, 5.74) is -1.07. The molecule has 12 heteroatoms. The highest BCUT2D eigenvalue weighted by Gasteiger charge is 2.32. The van der Waals surface area contributed by atoms with Crippen molar-refractivity contribution in [1.82, 2.24) is 30.0 Å². The standard InChI is InChI=1S/C17H15BrF3N7O/c1-9(13-26-15(22-2)27-28(13)16-23-4-3-5-24-16)25-14(29)10-6-11(17(19,20)21)8-12(18)7-10/h3-9H,1-2H3,(H,22,27)(H,25,29)/t9-/m0/s1. The molecule has 3 rings (SSSR count). The number of alkyl halides is 3. The van der Waals surface area contributed by atoms with Crippen LogP contribution in [0.25, 0.3) is 5.95 Å². The third-order valence-electron chi connectivity index (χ3n) is 3.82. The summed E-state index contributed by atoms with van der Waals surface area (Å²) in [6.07, 6.45) is -1.52. The smallest absolute Gasteiger partial charge is 0.356 e. The molecule has 1 atom stereocenters. The lowest BCUT2D eigenvalue weighted by atomic mass is 10.1. The zero-order valence-corrected chi connectivity index (χ0v) is 16.8. The molecule has 0 saturated carbocycles. The van der Waals surface area contributed by atoms with E-state index in [-0.39, 0.29) is 21.9 Å². The van der Waals surface area contributed by atoms with E-state index >= 15 is 0 Å². The van der Waals surface area contributed by atoms with Gasteiger partial charge in [0.1, 0.15) is 0 Å². The Labute approximate surface area is 171 Å². The molecule has 0 aliphatic heterocycles. The Morgan fingerprint density at radius 2 is 1.90 bits per heavy atom. The van der Waals surface area contributed by atoms with Crippen LogP contribution in [0.1, 0.15) is 34.7 Å². The number of carbonyl (C=O) groups excluding carboxylic acids is 1. The largest absolute Gasteiger partial charge is 0.416 e. The average Bonchev–Trinajstić information content (AvgIpc) is 3.12. The molecule has 0 aliphatic rings. The van der Waals surface area contributed by atoms with Gasteiger partial charge in [-0.25, -0.2) is 9.97 Å². The Morgan fingerprint density at radius 3 is 2.52 bits per heavy atom. The van der Waals surface area contributed by atoms with Gasteiger partial charge in [-0.3, -0.25) is 4.79 Å². The Bertz CT molecular complexity index is 1020. The van der Waals surface area contributed by atoms with Crippen molar-refractivity contribution in [3.05, 3.63) is 58.1 Å². The number of hydrogen-bond acceptors (Lipinski definition) is 6. The first-order valence-corrected chi connectivity index (χ1v) is 9.09. The van der Waals surface area contributed by atoms with Crippen molar-refractivity contribution in [2.75, 3.05) is 12.4 Å². The third-order valence-corrected chi connectivity index (χ3v) is 4.28. The van der Waals surface area contributed by atoms with Gasteiger partial charge in [0.25, 0.3) is 11.9 Å². The fourth-order valence-electron chi connectivity index (χ4n) is 2.49. The van der Waals surface area contributed by atoms with Crippen LogP contribution in [0.2, 0.25) is 0 Å². The first-order chi connectivity index (χ1) is 13.7. The normalized spacial score (nSPS) is 12.5. The zero-order chi connectivity index (χ0) is 21.2. The Morgan fingerprint density at radius 1 is 1.21 bits per heavy atom. The molecule has 2 N–H and O–H groups in total. The van der Waals surface area contributed by atoms with Crippen molar-refractivity contribution < 1.29 is 18.0 Å². The van der Waals surface area contributed by atoms with Gasteiger partial charge in [0.2, 0.25) is 5.95 Å². The summed E-state index contributed by atoms with van der Waals surface area (Å²) in [6.45, 7) is 1.63. The number of anilines is 1. The summed E-state index contributed by atoms with van der Waals surface area (Å²) in [5.74, 6) is 0.119. The van der Waals surface area contributed by atoms with E-state index in [4.69, 9.17) is 0 Å².